The SMILES string of the molecule is Cc1c(C2CCC3CNNC3C2)cc(Nc2ccc(N3CCOCC3)cn2)c2nccn12. The molecular formula is C24H31N7O. The molecule has 0 radical (unpaired) electrons. The zero-order chi connectivity index (χ0) is 21.5. The summed E-state index contributed by atoms with van der Waals surface area (Å²) >= 11 is 0. The van der Waals surface area contributed by atoms with Gasteiger partial charge in [0.05, 0.1) is 30.8 Å². The highest BCUT2D eigenvalue weighted by Gasteiger charge is 2.35. The molecule has 1 aliphatic carbocycles. The van der Waals surface area contributed by atoms with Gasteiger partial charge in [0, 0.05) is 43.8 Å². The molecule has 8 heteroatoms. The monoisotopic (exact) mass is 433 g/mol. The van der Waals surface area contributed by atoms with E-state index in [1.54, 1.807) is 0 Å². The Labute approximate surface area is 188 Å². The van der Waals surface area contributed by atoms with Gasteiger partial charge in [0.2, 0.25) is 0 Å². The van der Waals surface area contributed by atoms with Gasteiger partial charge in [-0.05, 0) is 61.8 Å². The van der Waals surface area contributed by atoms with Gasteiger partial charge in [0.25, 0.3) is 0 Å². The van der Waals surface area contributed by atoms with Crippen LogP contribution in [0.15, 0.2) is 36.8 Å². The molecule has 3 fully saturated rings. The van der Waals surface area contributed by atoms with E-state index in [1.807, 2.05) is 12.4 Å². The molecule has 0 bridgehead atoms. The van der Waals surface area contributed by atoms with Crippen molar-refractivity contribution < 1.29 is 4.74 Å². The summed E-state index contributed by atoms with van der Waals surface area (Å²) in [5.74, 6) is 2.15. The fourth-order valence-corrected chi connectivity index (χ4v) is 5.61. The first-order valence-electron chi connectivity index (χ1n) is 11.8. The van der Waals surface area contributed by atoms with Crippen molar-refractivity contribution in [3.8, 4) is 0 Å². The fourth-order valence-electron chi connectivity index (χ4n) is 5.61. The van der Waals surface area contributed by atoms with Crippen LogP contribution >= 0.6 is 0 Å². The first kappa shape index (κ1) is 20.0. The van der Waals surface area contributed by atoms with Crippen LogP contribution in [0.1, 0.15) is 36.4 Å². The second kappa shape index (κ2) is 8.35. The molecule has 6 rings (SSSR count). The predicted octanol–water partition coefficient (Wildman–Crippen LogP) is 2.98. The van der Waals surface area contributed by atoms with E-state index in [4.69, 9.17) is 9.72 Å². The van der Waals surface area contributed by atoms with Crippen molar-refractivity contribution in [1.29, 1.82) is 0 Å². The van der Waals surface area contributed by atoms with Crippen LogP contribution in [0, 0.1) is 12.8 Å². The highest BCUT2D eigenvalue weighted by Crippen LogP contribution is 2.40. The van der Waals surface area contributed by atoms with Crippen molar-refractivity contribution in [1.82, 2.24) is 25.2 Å². The number of anilines is 3. The molecule has 168 valence electrons. The van der Waals surface area contributed by atoms with E-state index in [9.17, 15) is 0 Å². The van der Waals surface area contributed by atoms with Crippen molar-refractivity contribution in [2.45, 2.75) is 38.1 Å². The van der Waals surface area contributed by atoms with E-state index in [1.165, 1.54) is 30.5 Å². The lowest BCUT2D eigenvalue weighted by atomic mass is 9.76. The average Bonchev–Trinajstić information content (AvgIpc) is 3.52. The van der Waals surface area contributed by atoms with Crippen molar-refractivity contribution in [2.24, 2.45) is 5.92 Å². The molecule has 0 amide bonds. The predicted molar refractivity (Wildman–Crippen MR) is 125 cm³/mol. The number of rotatable bonds is 4. The summed E-state index contributed by atoms with van der Waals surface area (Å²) < 4.78 is 7.67. The summed E-state index contributed by atoms with van der Waals surface area (Å²) in [4.78, 5) is 11.7. The lowest BCUT2D eigenvalue weighted by molar-refractivity contribution is 0.122. The fraction of sp³-hybridized carbons (Fsp3) is 0.500. The maximum Gasteiger partial charge on any atom is 0.160 e. The molecule has 2 aliphatic heterocycles. The second-order valence-electron chi connectivity index (χ2n) is 9.25. The number of imidazole rings is 1. The molecule has 3 unspecified atom stereocenters. The van der Waals surface area contributed by atoms with Gasteiger partial charge in [0.1, 0.15) is 5.82 Å². The third-order valence-corrected chi connectivity index (χ3v) is 7.43. The van der Waals surface area contributed by atoms with Crippen LogP contribution in [0.2, 0.25) is 0 Å². The minimum Gasteiger partial charge on any atom is -0.378 e. The summed E-state index contributed by atoms with van der Waals surface area (Å²) in [6, 6.07) is 7.07. The molecule has 2 saturated heterocycles. The Balaban J connectivity index is 1.28. The Morgan fingerprint density at radius 1 is 1.16 bits per heavy atom. The van der Waals surface area contributed by atoms with E-state index in [0.717, 1.165) is 61.6 Å². The van der Waals surface area contributed by atoms with Crippen LogP contribution in [0.3, 0.4) is 0 Å². The maximum atomic E-state index is 5.46. The molecular weight excluding hydrogens is 402 g/mol. The molecule has 3 aromatic heterocycles. The third-order valence-electron chi connectivity index (χ3n) is 7.43. The summed E-state index contributed by atoms with van der Waals surface area (Å²) in [6.07, 6.45) is 9.57. The molecule has 0 aromatic carbocycles. The van der Waals surface area contributed by atoms with Crippen LogP contribution in [-0.2, 0) is 4.74 Å². The van der Waals surface area contributed by atoms with Gasteiger partial charge in [-0.1, -0.05) is 0 Å². The maximum absolute atomic E-state index is 5.46. The van der Waals surface area contributed by atoms with Crippen LogP contribution in [0.4, 0.5) is 17.2 Å². The lowest BCUT2D eigenvalue weighted by Gasteiger charge is -2.32. The number of pyridine rings is 2. The molecule has 3 aliphatic rings. The van der Waals surface area contributed by atoms with E-state index in [0.29, 0.717) is 12.0 Å². The van der Waals surface area contributed by atoms with Crippen LogP contribution < -0.4 is 21.1 Å². The number of hydrazine groups is 1. The molecule has 3 N–H and O–H groups in total. The van der Waals surface area contributed by atoms with Crippen LogP contribution in [0.5, 0.6) is 0 Å². The van der Waals surface area contributed by atoms with Crippen molar-refractivity contribution in [3.63, 3.8) is 0 Å². The highest BCUT2D eigenvalue weighted by atomic mass is 16.5. The van der Waals surface area contributed by atoms with Gasteiger partial charge in [-0.2, -0.15) is 0 Å². The van der Waals surface area contributed by atoms with E-state index >= 15 is 0 Å². The zero-order valence-corrected chi connectivity index (χ0v) is 18.6. The van der Waals surface area contributed by atoms with E-state index in [-0.39, 0.29) is 0 Å². The number of morpholine rings is 1. The molecule has 3 atom stereocenters. The van der Waals surface area contributed by atoms with E-state index < -0.39 is 0 Å². The Kier molecular flexibility index (Phi) is 5.21. The quantitative estimate of drug-likeness (QED) is 0.584. The topological polar surface area (TPSA) is 78.8 Å². The van der Waals surface area contributed by atoms with Crippen molar-refractivity contribution >= 4 is 22.8 Å². The third kappa shape index (κ3) is 3.62. The van der Waals surface area contributed by atoms with Gasteiger partial charge in [0.15, 0.2) is 5.65 Å². The van der Waals surface area contributed by atoms with Crippen molar-refractivity contribution in [3.05, 3.63) is 48.0 Å². The molecule has 8 nitrogen and oxygen atoms in total. The number of hydrogen-bond acceptors (Lipinski definition) is 7. The number of hydrogen-bond donors (Lipinski definition) is 3. The second-order valence-corrected chi connectivity index (χ2v) is 9.25. The summed E-state index contributed by atoms with van der Waals surface area (Å²) in [6.45, 7) is 6.69. The van der Waals surface area contributed by atoms with Gasteiger partial charge in [-0.3, -0.25) is 10.9 Å². The summed E-state index contributed by atoms with van der Waals surface area (Å²) in [7, 11) is 0. The van der Waals surface area contributed by atoms with Crippen molar-refractivity contribution in [2.75, 3.05) is 43.1 Å². The Morgan fingerprint density at radius 3 is 2.91 bits per heavy atom. The smallest absolute Gasteiger partial charge is 0.160 e. The summed E-state index contributed by atoms with van der Waals surface area (Å²) in [5, 5.41) is 3.55. The van der Waals surface area contributed by atoms with Gasteiger partial charge in [-0.25, -0.2) is 9.97 Å². The number of aromatic nitrogens is 3. The largest absolute Gasteiger partial charge is 0.378 e. The van der Waals surface area contributed by atoms with Crippen LogP contribution in [-0.4, -0.2) is 53.3 Å². The zero-order valence-electron chi connectivity index (χ0n) is 18.6. The highest BCUT2D eigenvalue weighted by molar-refractivity contribution is 5.74. The van der Waals surface area contributed by atoms with E-state index in [2.05, 4.69) is 61.8 Å². The Hall–Kier alpha value is -2.68. The van der Waals surface area contributed by atoms with Gasteiger partial charge >= 0.3 is 0 Å². The molecule has 1 saturated carbocycles. The standard InChI is InChI=1S/C24H31N7O/c1-16-20(17-2-3-18-14-27-29-21(18)12-17)13-22(24-25-6-7-31(16)24)28-23-5-4-19(15-26-23)30-8-10-32-11-9-30/h4-7,13,15,17-18,21,27,29H,2-3,8-12,14H2,1H3,(H,26,28). The molecule has 32 heavy (non-hydrogen) atoms. The molecule has 5 heterocycles. The molecule has 0 spiro atoms. The molecule has 3 aromatic rings. The normalized spacial score (nSPS) is 25.8. The minimum atomic E-state index is 0.549. The Bertz CT molecular complexity index is 1090. The van der Waals surface area contributed by atoms with Gasteiger partial charge < -0.3 is 19.4 Å². The lowest BCUT2D eigenvalue weighted by Crippen LogP contribution is -2.36. The number of nitrogens with one attached hydrogen (secondary N) is 3. The van der Waals surface area contributed by atoms with Gasteiger partial charge in [-0.15, -0.1) is 0 Å². The summed E-state index contributed by atoms with van der Waals surface area (Å²) in [5.41, 5.74) is 12.6. The first-order valence-corrected chi connectivity index (χ1v) is 11.8. The Morgan fingerprint density at radius 2 is 2.06 bits per heavy atom. The number of fused-ring (bicyclic) bond motifs is 2. The number of ether oxygens (including phenoxy) is 1. The minimum absolute atomic E-state index is 0.549. The number of nitrogens with zero attached hydrogens (tertiary/aromatic N) is 4. The number of aryl methyl sites for hydroxylation is 1. The van der Waals surface area contributed by atoms with Crippen LogP contribution in [0.25, 0.3) is 5.65 Å². The average molecular weight is 434 g/mol. The first-order chi connectivity index (χ1) is 15.8.